The molecule has 2 rings (SSSR count). The van der Waals surface area contributed by atoms with E-state index in [-0.39, 0.29) is 6.42 Å². The number of hydrogen-bond acceptors (Lipinski definition) is 4. The Balaban J connectivity index is 2.06. The summed E-state index contributed by atoms with van der Waals surface area (Å²) in [4.78, 5) is 14.7. The first-order valence-corrected chi connectivity index (χ1v) is 6.05. The Hall–Kier alpha value is -1.75. The molecule has 0 atom stereocenters. The molecule has 0 aliphatic carbocycles. The maximum Gasteiger partial charge on any atom is 0.307 e. The molecule has 0 aliphatic heterocycles. The van der Waals surface area contributed by atoms with Crippen molar-refractivity contribution in [1.29, 1.82) is 0 Å². The quantitative estimate of drug-likeness (QED) is 0.825. The molecule has 4 nitrogen and oxygen atoms in total. The zero-order valence-corrected chi connectivity index (χ0v) is 9.81. The van der Waals surface area contributed by atoms with E-state index in [0.717, 1.165) is 11.1 Å². The summed E-state index contributed by atoms with van der Waals surface area (Å²) < 4.78 is 5.11. The fraction of sp³-hybridized carbons (Fsp3) is 0.167. The molecular formula is C12H11NO3S. The number of hydrogen-bond donors (Lipinski definition) is 1. The molecule has 0 unspecified atom stereocenters. The third kappa shape index (κ3) is 3.35. The van der Waals surface area contributed by atoms with E-state index in [1.165, 1.54) is 18.0 Å². The lowest BCUT2D eigenvalue weighted by Crippen LogP contribution is -2.02. The molecule has 0 saturated carbocycles. The smallest absolute Gasteiger partial charge is 0.307 e. The molecule has 0 saturated heterocycles. The highest BCUT2D eigenvalue weighted by molar-refractivity contribution is 7.98. The molecule has 0 spiro atoms. The first-order valence-electron chi connectivity index (χ1n) is 5.06. The standard InChI is InChI=1S/C12H11NO3S/c14-11(15)7-9-3-1-2-4-10(9)8-17-12-13-5-6-16-12/h1-6H,7-8H2,(H,14,15). The van der Waals surface area contributed by atoms with Crippen molar-refractivity contribution in [2.75, 3.05) is 0 Å². The average molecular weight is 249 g/mol. The highest BCUT2D eigenvalue weighted by atomic mass is 32.2. The fourth-order valence-corrected chi connectivity index (χ4v) is 2.27. The van der Waals surface area contributed by atoms with Crippen molar-refractivity contribution in [3.63, 3.8) is 0 Å². The average Bonchev–Trinajstić information content (AvgIpc) is 2.80. The van der Waals surface area contributed by atoms with Gasteiger partial charge in [0.2, 0.25) is 0 Å². The van der Waals surface area contributed by atoms with E-state index < -0.39 is 5.97 Å². The molecule has 0 radical (unpaired) electrons. The molecule has 88 valence electrons. The number of aromatic nitrogens is 1. The van der Waals surface area contributed by atoms with Gasteiger partial charge in [-0.15, -0.1) is 0 Å². The van der Waals surface area contributed by atoms with Crippen molar-refractivity contribution in [2.24, 2.45) is 0 Å². The predicted octanol–water partition coefficient (Wildman–Crippen LogP) is 2.59. The van der Waals surface area contributed by atoms with E-state index in [9.17, 15) is 4.79 Å². The van der Waals surface area contributed by atoms with Gasteiger partial charge in [-0.05, 0) is 11.1 Å². The lowest BCUT2D eigenvalue weighted by Gasteiger charge is -2.05. The molecule has 0 fully saturated rings. The molecule has 0 aliphatic rings. The van der Waals surface area contributed by atoms with Gasteiger partial charge in [-0.3, -0.25) is 4.79 Å². The van der Waals surface area contributed by atoms with Gasteiger partial charge < -0.3 is 9.52 Å². The van der Waals surface area contributed by atoms with Gasteiger partial charge >= 0.3 is 5.97 Å². The van der Waals surface area contributed by atoms with Gasteiger partial charge in [-0.1, -0.05) is 36.0 Å². The number of oxazole rings is 1. The largest absolute Gasteiger partial charge is 0.481 e. The van der Waals surface area contributed by atoms with E-state index in [0.29, 0.717) is 11.0 Å². The molecule has 0 amide bonds. The Labute approximate surface area is 103 Å². The van der Waals surface area contributed by atoms with Crippen molar-refractivity contribution >= 4 is 17.7 Å². The Morgan fingerprint density at radius 1 is 1.35 bits per heavy atom. The molecule has 1 aromatic heterocycles. The van der Waals surface area contributed by atoms with Crippen LogP contribution in [0.25, 0.3) is 0 Å². The number of aliphatic carboxylic acids is 1. The number of rotatable bonds is 5. The van der Waals surface area contributed by atoms with Crippen LogP contribution in [0, 0.1) is 0 Å². The summed E-state index contributed by atoms with van der Waals surface area (Å²) >= 11 is 1.45. The fourth-order valence-electron chi connectivity index (χ4n) is 1.45. The molecule has 2 aromatic rings. The van der Waals surface area contributed by atoms with Crippen LogP contribution in [0.5, 0.6) is 0 Å². The van der Waals surface area contributed by atoms with Crippen molar-refractivity contribution in [1.82, 2.24) is 4.98 Å². The first-order chi connectivity index (χ1) is 8.25. The highest BCUT2D eigenvalue weighted by Gasteiger charge is 2.07. The minimum Gasteiger partial charge on any atom is -0.481 e. The van der Waals surface area contributed by atoms with Gasteiger partial charge in [0.15, 0.2) is 0 Å². The van der Waals surface area contributed by atoms with Crippen molar-refractivity contribution in [3.05, 3.63) is 47.9 Å². The van der Waals surface area contributed by atoms with E-state index in [4.69, 9.17) is 9.52 Å². The lowest BCUT2D eigenvalue weighted by atomic mass is 10.1. The van der Waals surface area contributed by atoms with E-state index in [2.05, 4.69) is 4.98 Å². The van der Waals surface area contributed by atoms with Crippen LogP contribution in [-0.4, -0.2) is 16.1 Å². The first kappa shape index (κ1) is 11.7. The van der Waals surface area contributed by atoms with Crippen LogP contribution in [0.4, 0.5) is 0 Å². The minimum atomic E-state index is -0.821. The Kier molecular flexibility index (Phi) is 3.82. The molecule has 0 bridgehead atoms. The molecule has 17 heavy (non-hydrogen) atoms. The normalized spacial score (nSPS) is 10.4. The summed E-state index contributed by atoms with van der Waals surface area (Å²) in [5.74, 6) is -0.164. The molecular weight excluding hydrogens is 238 g/mol. The number of nitrogens with zero attached hydrogens (tertiary/aromatic N) is 1. The predicted molar refractivity (Wildman–Crippen MR) is 63.8 cm³/mol. The van der Waals surface area contributed by atoms with Crippen LogP contribution in [-0.2, 0) is 17.0 Å². The van der Waals surface area contributed by atoms with Gasteiger partial charge in [-0.25, -0.2) is 4.98 Å². The molecule has 1 aromatic carbocycles. The maximum absolute atomic E-state index is 10.7. The van der Waals surface area contributed by atoms with Gasteiger partial charge in [0.1, 0.15) is 6.26 Å². The SMILES string of the molecule is O=C(O)Cc1ccccc1CSc1ncco1. The van der Waals surface area contributed by atoms with Crippen LogP contribution >= 0.6 is 11.8 Å². The number of carbonyl (C=O) groups is 1. The number of carboxylic acid groups (broad SMARTS) is 1. The zero-order chi connectivity index (χ0) is 12.1. The van der Waals surface area contributed by atoms with Crippen molar-refractivity contribution in [3.8, 4) is 0 Å². The summed E-state index contributed by atoms with van der Waals surface area (Å²) in [5, 5.41) is 9.40. The highest BCUT2D eigenvalue weighted by Crippen LogP contribution is 2.23. The summed E-state index contributed by atoms with van der Waals surface area (Å²) in [5.41, 5.74) is 1.83. The van der Waals surface area contributed by atoms with Crippen LogP contribution in [0.1, 0.15) is 11.1 Å². The van der Waals surface area contributed by atoms with Gasteiger partial charge in [0.05, 0.1) is 12.6 Å². The van der Waals surface area contributed by atoms with E-state index >= 15 is 0 Å². The summed E-state index contributed by atoms with van der Waals surface area (Å²) in [6.45, 7) is 0. The van der Waals surface area contributed by atoms with Gasteiger partial charge in [0.25, 0.3) is 5.22 Å². The molecule has 5 heteroatoms. The van der Waals surface area contributed by atoms with Crippen LogP contribution in [0.15, 0.2) is 46.4 Å². The number of thioether (sulfide) groups is 1. The molecule has 1 N–H and O–H groups in total. The summed E-state index contributed by atoms with van der Waals surface area (Å²) in [7, 11) is 0. The molecule has 1 heterocycles. The summed E-state index contributed by atoms with van der Waals surface area (Å²) in [6, 6.07) is 7.50. The van der Waals surface area contributed by atoms with Crippen LogP contribution in [0.2, 0.25) is 0 Å². The Morgan fingerprint density at radius 2 is 2.12 bits per heavy atom. The van der Waals surface area contributed by atoms with E-state index in [1.807, 2.05) is 24.3 Å². The number of carboxylic acids is 1. The minimum absolute atomic E-state index is 0.0440. The third-order valence-corrected chi connectivity index (χ3v) is 3.12. The monoisotopic (exact) mass is 249 g/mol. The second-order valence-electron chi connectivity index (χ2n) is 3.43. The van der Waals surface area contributed by atoms with Crippen molar-refractivity contribution in [2.45, 2.75) is 17.4 Å². The Bertz CT molecular complexity index is 496. The second kappa shape index (κ2) is 5.54. The van der Waals surface area contributed by atoms with Crippen molar-refractivity contribution < 1.29 is 14.3 Å². The second-order valence-corrected chi connectivity index (χ2v) is 4.35. The zero-order valence-electron chi connectivity index (χ0n) is 9.00. The van der Waals surface area contributed by atoms with Crippen LogP contribution < -0.4 is 0 Å². The number of benzene rings is 1. The summed E-state index contributed by atoms with van der Waals surface area (Å²) in [6.07, 6.45) is 3.15. The lowest BCUT2D eigenvalue weighted by molar-refractivity contribution is -0.136. The van der Waals surface area contributed by atoms with Gasteiger partial charge in [0, 0.05) is 5.75 Å². The van der Waals surface area contributed by atoms with Gasteiger partial charge in [-0.2, -0.15) is 0 Å². The maximum atomic E-state index is 10.7. The Morgan fingerprint density at radius 3 is 2.76 bits per heavy atom. The van der Waals surface area contributed by atoms with Crippen LogP contribution in [0.3, 0.4) is 0 Å². The topological polar surface area (TPSA) is 63.3 Å². The van der Waals surface area contributed by atoms with E-state index in [1.54, 1.807) is 6.20 Å². The third-order valence-electron chi connectivity index (χ3n) is 2.22.